The van der Waals surface area contributed by atoms with Crippen LogP contribution < -0.4 is 10.1 Å². The number of rotatable bonds is 8. The van der Waals surface area contributed by atoms with E-state index < -0.39 is 23.4 Å². The number of carbonyl (C=O) groups is 2. The molecule has 0 unspecified atom stereocenters. The lowest BCUT2D eigenvalue weighted by Crippen LogP contribution is -2.32. The Bertz CT molecular complexity index is 863. The summed E-state index contributed by atoms with van der Waals surface area (Å²) in [6.45, 7) is 3.43. The van der Waals surface area contributed by atoms with Crippen molar-refractivity contribution in [2.45, 2.75) is 26.3 Å². The van der Waals surface area contributed by atoms with Crippen molar-refractivity contribution in [2.24, 2.45) is 0 Å². The molecule has 0 aliphatic heterocycles. The molecule has 8 heteroatoms. The van der Waals surface area contributed by atoms with Gasteiger partial charge < -0.3 is 14.8 Å². The molecule has 8 nitrogen and oxygen atoms in total. The summed E-state index contributed by atoms with van der Waals surface area (Å²) in [5.41, 5.74) is 1.68. The second-order valence-electron chi connectivity index (χ2n) is 6.16. The molecule has 0 aliphatic rings. The number of amides is 1. The summed E-state index contributed by atoms with van der Waals surface area (Å²) in [5.74, 6) is -1.25. The van der Waals surface area contributed by atoms with Gasteiger partial charge in [-0.25, -0.2) is 4.79 Å². The molecule has 0 aliphatic carbocycles. The van der Waals surface area contributed by atoms with E-state index in [1.54, 1.807) is 0 Å². The first-order chi connectivity index (χ1) is 13.3. The molecule has 1 atom stereocenters. The number of nitrogens with zero attached hydrogens (tertiary/aromatic N) is 1. The molecule has 1 N–H and O–H groups in total. The van der Waals surface area contributed by atoms with E-state index in [1.165, 1.54) is 19.2 Å². The maximum absolute atomic E-state index is 12.1. The molecule has 28 heavy (non-hydrogen) atoms. The van der Waals surface area contributed by atoms with Crippen LogP contribution in [0.25, 0.3) is 0 Å². The highest BCUT2D eigenvalue weighted by Crippen LogP contribution is 2.27. The minimum Gasteiger partial charge on any atom is -0.490 e. The van der Waals surface area contributed by atoms with Gasteiger partial charge in [0.25, 0.3) is 5.91 Å². The van der Waals surface area contributed by atoms with Gasteiger partial charge in [-0.05, 0) is 31.0 Å². The largest absolute Gasteiger partial charge is 0.490 e. The van der Waals surface area contributed by atoms with Gasteiger partial charge in [-0.15, -0.1) is 0 Å². The van der Waals surface area contributed by atoms with Crippen molar-refractivity contribution in [1.29, 1.82) is 0 Å². The predicted octanol–water partition coefficient (Wildman–Crippen LogP) is 3.34. The van der Waals surface area contributed by atoms with Crippen LogP contribution in [0.2, 0.25) is 0 Å². The number of ether oxygens (including phenoxy) is 2. The number of nitro groups is 1. The molecule has 2 aromatic carbocycles. The number of nitro benzene ring substituents is 1. The van der Waals surface area contributed by atoms with Crippen LogP contribution in [0.15, 0.2) is 42.5 Å². The third-order valence-corrected chi connectivity index (χ3v) is 4.17. The monoisotopic (exact) mass is 386 g/mol. The lowest BCUT2D eigenvalue weighted by Gasteiger charge is -2.17. The highest BCUT2D eigenvalue weighted by Gasteiger charge is 2.20. The number of nitrogens with one attached hydrogen (secondary N) is 1. The van der Waals surface area contributed by atoms with Crippen LogP contribution in [0.3, 0.4) is 0 Å². The normalized spacial score (nSPS) is 11.4. The number of esters is 1. The molecular formula is C20H22N2O6. The zero-order valence-electron chi connectivity index (χ0n) is 15.9. The molecule has 148 valence electrons. The summed E-state index contributed by atoms with van der Waals surface area (Å²) in [6, 6.07) is 11.3. The SMILES string of the molecule is CC[C@@H](NC(=O)COC(=O)c1ccc(OC)c([N+](=O)[O-])c1)c1ccc(C)cc1. The molecule has 2 rings (SSSR count). The molecule has 0 saturated carbocycles. The Kier molecular flexibility index (Phi) is 7.08. The quantitative estimate of drug-likeness (QED) is 0.423. The topological polar surface area (TPSA) is 108 Å². The Balaban J connectivity index is 1.98. The van der Waals surface area contributed by atoms with Gasteiger partial charge >= 0.3 is 11.7 Å². The molecule has 0 saturated heterocycles. The van der Waals surface area contributed by atoms with Crippen molar-refractivity contribution in [2.75, 3.05) is 13.7 Å². The van der Waals surface area contributed by atoms with Gasteiger partial charge in [0, 0.05) is 6.07 Å². The summed E-state index contributed by atoms with van der Waals surface area (Å²) >= 11 is 0. The molecule has 1 amide bonds. The van der Waals surface area contributed by atoms with Crippen LogP contribution in [0.4, 0.5) is 5.69 Å². The molecular weight excluding hydrogens is 364 g/mol. The van der Waals surface area contributed by atoms with Gasteiger partial charge in [-0.2, -0.15) is 0 Å². The van der Waals surface area contributed by atoms with E-state index in [1.807, 2.05) is 38.1 Å². The van der Waals surface area contributed by atoms with Gasteiger partial charge in [-0.3, -0.25) is 14.9 Å². The van der Waals surface area contributed by atoms with Gasteiger partial charge in [-0.1, -0.05) is 36.8 Å². The molecule has 0 bridgehead atoms. The fraction of sp³-hybridized carbons (Fsp3) is 0.300. The van der Waals surface area contributed by atoms with E-state index >= 15 is 0 Å². The maximum Gasteiger partial charge on any atom is 0.338 e. The fourth-order valence-corrected chi connectivity index (χ4v) is 2.63. The second kappa shape index (κ2) is 9.50. The second-order valence-corrected chi connectivity index (χ2v) is 6.16. The fourth-order valence-electron chi connectivity index (χ4n) is 2.63. The number of benzene rings is 2. The van der Waals surface area contributed by atoms with E-state index in [0.717, 1.165) is 17.2 Å². The minimum absolute atomic E-state index is 0.0307. The molecule has 0 spiro atoms. The summed E-state index contributed by atoms with van der Waals surface area (Å²) < 4.78 is 9.87. The zero-order valence-corrected chi connectivity index (χ0v) is 15.9. The van der Waals surface area contributed by atoms with E-state index in [0.29, 0.717) is 6.42 Å². The van der Waals surface area contributed by atoms with Gasteiger partial charge in [0.1, 0.15) is 0 Å². The summed E-state index contributed by atoms with van der Waals surface area (Å²) in [6.07, 6.45) is 0.674. The van der Waals surface area contributed by atoms with Crippen molar-refractivity contribution in [3.8, 4) is 5.75 Å². The summed E-state index contributed by atoms with van der Waals surface area (Å²) in [5, 5.41) is 13.9. The molecule has 0 aromatic heterocycles. The number of hydrogen-bond acceptors (Lipinski definition) is 6. The van der Waals surface area contributed by atoms with E-state index in [9.17, 15) is 19.7 Å². The van der Waals surface area contributed by atoms with Crippen LogP contribution >= 0.6 is 0 Å². The van der Waals surface area contributed by atoms with Gasteiger partial charge in [0.05, 0.1) is 23.6 Å². The third kappa shape index (κ3) is 5.29. The summed E-state index contributed by atoms with van der Waals surface area (Å²) in [7, 11) is 1.29. The Morgan fingerprint density at radius 2 is 1.86 bits per heavy atom. The average molecular weight is 386 g/mol. The maximum atomic E-state index is 12.1. The number of hydrogen-bond donors (Lipinski definition) is 1. The Hall–Kier alpha value is -3.42. The van der Waals surface area contributed by atoms with Crippen molar-refractivity contribution in [3.63, 3.8) is 0 Å². The molecule has 0 fully saturated rings. The lowest BCUT2D eigenvalue weighted by molar-refractivity contribution is -0.385. The van der Waals surface area contributed by atoms with E-state index in [2.05, 4.69) is 5.32 Å². The Labute approximate surface area is 162 Å². The minimum atomic E-state index is -0.829. The van der Waals surface area contributed by atoms with Crippen LogP contribution in [-0.2, 0) is 9.53 Å². The highest BCUT2D eigenvalue weighted by molar-refractivity contribution is 5.92. The highest BCUT2D eigenvalue weighted by atomic mass is 16.6. The van der Waals surface area contributed by atoms with Crippen molar-refractivity contribution in [1.82, 2.24) is 5.32 Å². The van der Waals surface area contributed by atoms with Gasteiger partial charge in [0.15, 0.2) is 12.4 Å². The van der Waals surface area contributed by atoms with Crippen molar-refractivity contribution < 1.29 is 24.0 Å². The number of methoxy groups -OCH3 is 1. The van der Waals surface area contributed by atoms with Crippen LogP contribution in [0.5, 0.6) is 5.75 Å². The standard InChI is InChI=1S/C20H22N2O6/c1-4-16(14-7-5-13(2)6-8-14)21-19(23)12-28-20(24)15-9-10-18(27-3)17(11-15)22(25)26/h5-11,16H,4,12H2,1-3H3,(H,21,23)/t16-/m1/s1. The molecule has 2 aromatic rings. The number of carbonyl (C=O) groups excluding carboxylic acids is 2. The lowest BCUT2D eigenvalue weighted by atomic mass is 10.0. The number of aryl methyl sites for hydroxylation is 1. The Morgan fingerprint density at radius 3 is 2.43 bits per heavy atom. The van der Waals surface area contributed by atoms with Crippen molar-refractivity contribution in [3.05, 3.63) is 69.3 Å². The smallest absolute Gasteiger partial charge is 0.338 e. The first-order valence-corrected chi connectivity index (χ1v) is 8.71. The average Bonchev–Trinajstić information content (AvgIpc) is 2.70. The van der Waals surface area contributed by atoms with E-state index in [4.69, 9.17) is 9.47 Å². The first kappa shape index (κ1) is 20.9. The van der Waals surface area contributed by atoms with Gasteiger partial charge in [0.2, 0.25) is 0 Å². The molecule has 0 radical (unpaired) electrons. The Morgan fingerprint density at radius 1 is 1.18 bits per heavy atom. The first-order valence-electron chi connectivity index (χ1n) is 8.71. The van der Waals surface area contributed by atoms with Crippen LogP contribution in [0, 0.1) is 17.0 Å². The predicted molar refractivity (Wildman–Crippen MR) is 102 cm³/mol. The van der Waals surface area contributed by atoms with Crippen LogP contribution in [0.1, 0.15) is 40.9 Å². The van der Waals surface area contributed by atoms with Crippen molar-refractivity contribution >= 4 is 17.6 Å². The third-order valence-electron chi connectivity index (χ3n) is 4.17. The molecule has 0 heterocycles. The zero-order chi connectivity index (χ0) is 20.7. The summed E-state index contributed by atoms with van der Waals surface area (Å²) in [4.78, 5) is 34.7. The van der Waals surface area contributed by atoms with E-state index in [-0.39, 0.29) is 23.0 Å². The van der Waals surface area contributed by atoms with Crippen LogP contribution in [-0.4, -0.2) is 30.5 Å².